The first-order valence-electron chi connectivity index (χ1n) is 11.2. The Balaban J connectivity index is 2.18. The van der Waals surface area contributed by atoms with Gasteiger partial charge in [0.05, 0.1) is 0 Å². The van der Waals surface area contributed by atoms with Crippen LogP contribution in [-0.2, 0) is 10.8 Å². The number of benzene rings is 2. The minimum Gasteiger partial charge on any atom is -0.457 e. The summed E-state index contributed by atoms with van der Waals surface area (Å²) in [6.45, 7) is 23.3. The van der Waals surface area contributed by atoms with Gasteiger partial charge in [-0.25, -0.2) is 0 Å². The van der Waals surface area contributed by atoms with Crippen LogP contribution >= 0.6 is 0 Å². The summed E-state index contributed by atoms with van der Waals surface area (Å²) in [5.74, 6) is 1.78. The van der Waals surface area contributed by atoms with Gasteiger partial charge in [-0.2, -0.15) is 0 Å². The first kappa shape index (κ1) is 23.5. The highest BCUT2D eigenvalue weighted by Gasteiger charge is 2.37. The zero-order chi connectivity index (χ0) is 22.1. The van der Waals surface area contributed by atoms with Crippen LogP contribution in [0.15, 0.2) is 48.5 Å². The third-order valence-corrected chi connectivity index (χ3v) is 8.54. The van der Waals surface area contributed by atoms with E-state index in [-0.39, 0.29) is 21.7 Å². The lowest BCUT2D eigenvalue weighted by Gasteiger charge is -2.42. The van der Waals surface area contributed by atoms with Gasteiger partial charge in [0.1, 0.15) is 11.5 Å². The molecule has 0 unspecified atom stereocenters. The molecule has 0 fully saturated rings. The van der Waals surface area contributed by atoms with E-state index in [9.17, 15) is 0 Å². The van der Waals surface area contributed by atoms with Crippen molar-refractivity contribution in [2.45, 2.75) is 92.9 Å². The molecule has 0 aliphatic rings. The summed E-state index contributed by atoms with van der Waals surface area (Å²) in [6, 6.07) is 17.3. The molecule has 2 aromatic rings. The molecular weight excluding hydrogens is 352 g/mol. The fourth-order valence-electron chi connectivity index (χ4n) is 3.68. The SMILES string of the molecule is CCC(C)(C)C(C)(C)c1ccc(Oc2ccc(C(C)(C)C(C)(C)CC)cc2)cc1. The van der Waals surface area contributed by atoms with Gasteiger partial charge in [0, 0.05) is 0 Å². The van der Waals surface area contributed by atoms with E-state index in [1.807, 2.05) is 0 Å². The molecule has 2 rings (SSSR count). The fraction of sp³-hybridized carbons (Fsp3) is 0.571. The van der Waals surface area contributed by atoms with Crippen molar-refractivity contribution in [2.75, 3.05) is 0 Å². The van der Waals surface area contributed by atoms with Gasteiger partial charge < -0.3 is 4.74 Å². The second-order valence-corrected chi connectivity index (χ2v) is 10.9. The van der Waals surface area contributed by atoms with E-state index >= 15 is 0 Å². The molecule has 0 aliphatic carbocycles. The van der Waals surface area contributed by atoms with Gasteiger partial charge in [0.25, 0.3) is 0 Å². The molecule has 0 aromatic heterocycles. The Hall–Kier alpha value is -1.76. The van der Waals surface area contributed by atoms with Gasteiger partial charge in [-0.1, -0.05) is 106 Å². The van der Waals surface area contributed by atoms with E-state index in [2.05, 4.69) is 118 Å². The molecule has 0 N–H and O–H groups in total. The van der Waals surface area contributed by atoms with Crippen LogP contribution in [0.2, 0.25) is 0 Å². The van der Waals surface area contributed by atoms with Crippen molar-refractivity contribution in [3.05, 3.63) is 59.7 Å². The normalized spacial score (nSPS) is 13.4. The van der Waals surface area contributed by atoms with Crippen LogP contribution in [0.1, 0.15) is 93.2 Å². The monoisotopic (exact) mass is 394 g/mol. The van der Waals surface area contributed by atoms with Gasteiger partial charge >= 0.3 is 0 Å². The third kappa shape index (κ3) is 4.55. The average molecular weight is 395 g/mol. The summed E-state index contributed by atoms with van der Waals surface area (Å²) in [6.07, 6.45) is 2.30. The zero-order valence-corrected chi connectivity index (χ0v) is 20.4. The standard InChI is InChI=1S/C28H42O/c1-11-25(3,4)27(7,8)21-13-17-23(18-14-21)29-24-19-15-22(16-20-24)28(9,10)26(5,6)12-2/h13-20H,11-12H2,1-10H3. The van der Waals surface area contributed by atoms with E-state index in [0.717, 1.165) is 24.3 Å². The van der Waals surface area contributed by atoms with E-state index < -0.39 is 0 Å². The number of hydrogen-bond donors (Lipinski definition) is 0. The summed E-state index contributed by atoms with van der Waals surface area (Å²) >= 11 is 0. The maximum absolute atomic E-state index is 6.14. The minimum absolute atomic E-state index is 0.111. The highest BCUT2D eigenvalue weighted by Crippen LogP contribution is 2.45. The Morgan fingerprint density at radius 3 is 1.03 bits per heavy atom. The first-order valence-corrected chi connectivity index (χ1v) is 11.2. The molecule has 1 nitrogen and oxygen atoms in total. The molecule has 0 amide bonds. The van der Waals surface area contributed by atoms with Crippen molar-refractivity contribution in [1.82, 2.24) is 0 Å². The van der Waals surface area contributed by atoms with Crippen molar-refractivity contribution in [3.8, 4) is 11.5 Å². The summed E-state index contributed by atoms with van der Waals surface area (Å²) < 4.78 is 6.14. The number of hydrogen-bond acceptors (Lipinski definition) is 1. The van der Waals surface area contributed by atoms with Crippen molar-refractivity contribution in [1.29, 1.82) is 0 Å². The highest BCUT2D eigenvalue weighted by molar-refractivity contribution is 5.38. The molecule has 160 valence electrons. The molecule has 0 aliphatic heterocycles. The molecule has 0 bridgehead atoms. The predicted octanol–water partition coefficient (Wildman–Crippen LogP) is 8.91. The van der Waals surface area contributed by atoms with Crippen LogP contribution in [0.4, 0.5) is 0 Å². The van der Waals surface area contributed by atoms with Crippen LogP contribution in [-0.4, -0.2) is 0 Å². The van der Waals surface area contributed by atoms with Gasteiger partial charge in [-0.15, -0.1) is 0 Å². The van der Waals surface area contributed by atoms with E-state index in [4.69, 9.17) is 4.74 Å². The molecule has 0 spiro atoms. The minimum atomic E-state index is 0.111. The maximum atomic E-state index is 6.14. The summed E-state index contributed by atoms with van der Waals surface area (Å²) in [5.41, 5.74) is 3.42. The molecule has 0 saturated carbocycles. The Kier molecular flexibility index (Phi) is 6.62. The van der Waals surface area contributed by atoms with E-state index in [1.165, 1.54) is 11.1 Å². The van der Waals surface area contributed by atoms with Crippen molar-refractivity contribution in [3.63, 3.8) is 0 Å². The lowest BCUT2D eigenvalue weighted by Crippen LogP contribution is -2.36. The lowest BCUT2D eigenvalue weighted by molar-refractivity contribution is 0.189. The Morgan fingerprint density at radius 2 is 0.793 bits per heavy atom. The topological polar surface area (TPSA) is 9.23 Å². The van der Waals surface area contributed by atoms with Crippen LogP contribution in [0.3, 0.4) is 0 Å². The molecule has 0 saturated heterocycles. The first-order chi connectivity index (χ1) is 13.3. The van der Waals surface area contributed by atoms with Gasteiger partial charge in [-0.05, 0) is 57.1 Å². The Morgan fingerprint density at radius 1 is 0.517 bits per heavy atom. The van der Waals surface area contributed by atoms with Gasteiger partial charge in [-0.3, -0.25) is 0 Å². The quantitative estimate of drug-likeness (QED) is 0.434. The second kappa shape index (κ2) is 8.17. The average Bonchev–Trinajstić information content (AvgIpc) is 2.68. The van der Waals surface area contributed by atoms with E-state index in [1.54, 1.807) is 0 Å². The van der Waals surface area contributed by atoms with Crippen LogP contribution in [0, 0.1) is 10.8 Å². The van der Waals surface area contributed by atoms with Crippen molar-refractivity contribution in [2.24, 2.45) is 10.8 Å². The van der Waals surface area contributed by atoms with E-state index in [0.29, 0.717) is 0 Å². The second-order valence-electron chi connectivity index (χ2n) is 10.9. The molecule has 1 heteroatoms. The summed E-state index contributed by atoms with van der Waals surface area (Å²) in [7, 11) is 0. The summed E-state index contributed by atoms with van der Waals surface area (Å²) in [4.78, 5) is 0. The molecule has 0 atom stereocenters. The molecule has 2 aromatic carbocycles. The van der Waals surface area contributed by atoms with Gasteiger partial charge in [0.15, 0.2) is 0 Å². The predicted molar refractivity (Wildman–Crippen MR) is 127 cm³/mol. The van der Waals surface area contributed by atoms with Crippen LogP contribution in [0.25, 0.3) is 0 Å². The molecule has 0 heterocycles. The highest BCUT2D eigenvalue weighted by atomic mass is 16.5. The summed E-state index contributed by atoms with van der Waals surface area (Å²) in [5, 5.41) is 0. The van der Waals surface area contributed by atoms with Crippen LogP contribution in [0.5, 0.6) is 11.5 Å². The van der Waals surface area contributed by atoms with Crippen LogP contribution < -0.4 is 4.74 Å². The zero-order valence-electron chi connectivity index (χ0n) is 20.4. The molecular formula is C28H42O. The maximum Gasteiger partial charge on any atom is 0.127 e. The number of rotatable bonds is 8. The lowest BCUT2D eigenvalue weighted by atomic mass is 9.63. The van der Waals surface area contributed by atoms with Crippen molar-refractivity contribution < 1.29 is 4.74 Å². The van der Waals surface area contributed by atoms with Gasteiger partial charge in [0.2, 0.25) is 0 Å². The Bertz CT molecular complexity index is 720. The molecule has 0 radical (unpaired) electrons. The fourth-order valence-corrected chi connectivity index (χ4v) is 3.68. The van der Waals surface area contributed by atoms with Crippen molar-refractivity contribution >= 4 is 0 Å². The Labute approximate surface area is 179 Å². The molecule has 29 heavy (non-hydrogen) atoms. The smallest absolute Gasteiger partial charge is 0.127 e. The largest absolute Gasteiger partial charge is 0.457 e. The number of ether oxygens (including phenoxy) is 1. The third-order valence-electron chi connectivity index (χ3n) is 8.54.